The van der Waals surface area contributed by atoms with Crippen LogP contribution in [0.2, 0.25) is 0 Å². The van der Waals surface area contributed by atoms with Gasteiger partial charge in [0.2, 0.25) is 0 Å². The van der Waals surface area contributed by atoms with Crippen molar-refractivity contribution in [2.75, 3.05) is 13.1 Å². The summed E-state index contributed by atoms with van der Waals surface area (Å²) in [5, 5.41) is 3.37. The van der Waals surface area contributed by atoms with Crippen molar-refractivity contribution in [3.05, 3.63) is 35.4 Å². The summed E-state index contributed by atoms with van der Waals surface area (Å²) < 4.78 is 0. The fourth-order valence-electron chi connectivity index (χ4n) is 3.09. The summed E-state index contributed by atoms with van der Waals surface area (Å²) in [4.78, 5) is 12.9. The third-order valence-corrected chi connectivity index (χ3v) is 4.16. The van der Waals surface area contributed by atoms with Crippen LogP contribution in [0, 0.1) is 12.3 Å². The van der Waals surface area contributed by atoms with Crippen molar-refractivity contribution in [3.63, 3.8) is 0 Å². The number of nitrogens with one attached hydrogen (secondary N) is 1. The van der Waals surface area contributed by atoms with E-state index in [1.54, 1.807) is 0 Å². The molecule has 18 heavy (non-hydrogen) atoms. The second-order valence-electron chi connectivity index (χ2n) is 5.42. The predicted molar refractivity (Wildman–Crippen MR) is 75.0 cm³/mol. The fourth-order valence-corrected chi connectivity index (χ4v) is 3.09. The fraction of sp³-hybridized carbons (Fsp3) is 0.562. The van der Waals surface area contributed by atoms with Gasteiger partial charge < -0.3 is 5.32 Å². The molecule has 1 N–H and O–H groups in total. The molecule has 1 aliphatic heterocycles. The van der Waals surface area contributed by atoms with Gasteiger partial charge in [-0.1, -0.05) is 37.6 Å². The van der Waals surface area contributed by atoms with Crippen LogP contribution in [0.15, 0.2) is 24.3 Å². The van der Waals surface area contributed by atoms with Crippen molar-refractivity contribution in [2.24, 2.45) is 5.41 Å². The van der Waals surface area contributed by atoms with Gasteiger partial charge in [0.25, 0.3) is 0 Å². The Morgan fingerprint density at radius 1 is 1.28 bits per heavy atom. The number of benzene rings is 1. The predicted octanol–water partition coefficient (Wildman–Crippen LogP) is 3.35. The first-order valence-electron chi connectivity index (χ1n) is 7.01. The average molecular weight is 245 g/mol. The lowest BCUT2D eigenvalue weighted by Gasteiger charge is -2.36. The smallest absolute Gasteiger partial charge is 0.169 e. The van der Waals surface area contributed by atoms with Crippen LogP contribution in [0.1, 0.15) is 48.5 Å². The molecule has 0 bridgehead atoms. The van der Waals surface area contributed by atoms with Crippen LogP contribution in [-0.4, -0.2) is 18.9 Å². The number of Topliss-reactive ketones (excluding diaryl/α,β-unsaturated/α-hetero) is 1. The molecule has 0 atom stereocenters. The van der Waals surface area contributed by atoms with Crippen LogP contribution >= 0.6 is 0 Å². The van der Waals surface area contributed by atoms with Gasteiger partial charge in [0.1, 0.15) is 0 Å². The highest BCUT2D eigenvalue weighted by atomic mass is 16.1. The quantitative estimate of drug-likeness (QED) is 0.824. The lowest BCUT2D eigenvalue weighted by atomic mass is 9.70. The highest BCUT2D eigenvalue weighted by molar-refractivity contribution is 6.01. The molecule has 98 valence electrons. The number of hydrogen-bond donors (Lipinski definition) is 1. The molecule has 2 heteroatoms. The van der Waals surface area contributed by atoms with E-state index in [1.165, 1.54) is 0 Å². The molecule has 1 aromatic carbocycles. The van der Waals surface area contributed by atoms with Crippen LogP contribution in [0.25, 0.3) is 0 Å². The third kappa shape index (κ3) is 2.49. The first-order valence-corrected chi connectivity index (χ1v) is 7.01. The minimum absolute atomic E-state index is 0.119. The molecule has 0 spiro atoms. The van der Waals surface area contributed by atoms with Gasteiger partial charge in [-0.2, -0.15) is 0 Å². The highest BCUT2D eigenvalue weighted by Gasteiger charge is 2.39. The van der Waals surface area contributed by atoms with Crippen LogP contribution in [0.4, 0.5) is 0 Å². The van der Waals surface area contributed by atoms with E-state index in [0.29, 0.717) is 5.78 Å². The van der Waals surface area contributed by atoms with Crippen molar-refractivity contribution in [1.82, 2.24) is 5.32 Å². The van der Waals surface area contributed by atoms with Crippen LogP contribution < -0.4 is 5.32 Å². The summed E-state index contributed by atoms with van der Waals surface area (Å²) in [6, 6.07) is 7.99. The van der Waals surface area contributed by atoms with Gasteiger partial charge in [-0.3, -0.25) is 4.79 Å². The van der Waals surface area contributed by atoms with Gasteiger partial charge in [0.15, 0.2) is 5.78 Å². The van der Waals surface area contributed by atoms with Crippen molar-refractivity contribution in [3.8, 4) is 0 Å². The van der Waals surface area contributed by atoms with E-state index >= 15 is 0 Å². The number of piperidine rings is 1. The minimum atomic E-state index is -0.119. The minimum Gasteiger partial charge on any atom is -0.317 e. The second kappa shape index (κ2) is 5.66. The normalized spacial score (nSPS) is 18.6. The molecule has 2 rings (SSSR count). The largest absolute Gasteiger partial charge is 0.317 e. The van der Waals surface area contributed by atoms with Gasteiger partial charge in [0.05, 0.1) is 0 Å². The maximum Gasteiger partial charge on any atom is 0.169 e. The summed E-state index contributed by atoms with van der Waals surface area (Å²) in [6.45, 7) is 6.15. The maximum absolute atomic E-state index is 12.9. The van der Waals surface area contributed by atoms with E-state index in [4.69, 9.17) is 0 Å². The average Bonchev–Trinajstić information content (AvgIpc) is 2.40. The maximum atomic E-state index is 12.9. The van der Waals surface area contributed by atoms with E-state index in [9.17, 15) is 4.79 Å². The molecule has 1 aliphatic rings. The Hall–Kier alpha value is -1.15. The standard InChI is InChI=1S/C16H23NO/c1-3-8-16(9-11-17-12-10-16)15(18)14-7-5-4-6-13(14)2/h4-7,17H,3,8-12H2,1-2H3. The lowest BCUT2D eigenvalue weighted by molar-refractivity contribution is 0.0703. The molecule has 0 aromatic heterocycles. The van der Waals surface area contributed by atoms with E-state index in [1.807, 2.05) is 31.2 Å². The van der Waals surface area contributed by atoms with Crippen LogP contribution in [0.3, 0.4) is 0 Å². The van der Waals surface area contributed by atoms with E-state index in [2.05, 4.69) is 12.2 Å². The van der Waals surface area contributed by atoms with Gasteiger partial charge >= 0.3 is 0 Å². The molecule has 1 fully saturated rings. The summed E-state index contributed by atoms with van der Waals surface area (Å²) >= 11 is 0. The monoisotopic (exact) mass is 245 g/mol. The molecular formula is C16H23NO. The summed E-state index contributed by atoms with van der Waals surface area (Å²) in [6.07, 6.45) is 4.06. The molecule has 0 amide bonds. The zero-order chi connectivity index (χ0) is 13.0. The zero-order valence-electron chi connectivity index (χ0n) is 11.5. The third-order valence-electron chi connectivity index (χ3n) is 4.16. The number of hydrogen-bond acceptors (Lipinski definition) is 2. The number of aryl methyl sites for hydroxylation is 1. The molecule has 2 nitrogen and oxygen atoms in total. The molecule has 0 aliphatic carbocycles. The van der Waals surface area contributed by atoms with Crippen molar-refractivity contribution in [2.45, 2.75) is 39.5 Å². The van der Waals surface area contributed by atoms with Gasteiger partial charge in [0, 0.05) is 11.0 Å². The summed E-state index contributed by atoms with van der Waals surface area (Å²) in [7, 11) is 0. The van der Waals surface area contributed by atoms with Crippen molar-refractivity contribution >= 4 is 5.78 Å². The van der Waals surface area contributed by atoms with E-state index in [0.717, 1.165) is 49.9 Å². The highest BCUT2D eigenvalue weighted by Crippen LogP contribution is 2.38. The molecule has 1 aromatic rings. The number of rotatable bonds is 4. The summed E-state index contributed by atoms with van der Waals surface area (Å²) in [5.41, 5.74) is 1.91. The Morgan fingerprint density at radius 2 is 1.94 bits per heavy atom. The molecular weight excluding hydrogens is 222 g/mol. The summed E-state index contributed by atoms with van der Waals surface area (Å²) in [5.74, 6) is 0.365. The topological polar surface area (TPSA) is 29.1 Å². The zero-order valence-corrected chi connectivity index (χ0v) is 11.5. The first kappa shape index (κ1) is 13.3. The molecule has 0 saturated carbocycles. The Kier molecular flexibility index (Phi) is 4.18. The first-order chi connectivity index (χ1) is 8.69. The molecule has 0 radical (unpaired) electrons. The number of ketones is 1. The lowest BCUT2D eigenvalue weighted by Crippen LogP contribution is -2.42. The Morgan fingerprint density at radius 3 is 2.56 bits per heavy atom. The number of carbonyl (C=O) groups is 1. The van der Waals surface area contributed by atoms with Crippen molar-refractivity contribution < 1.29 is 4.79 Å². The second-order valence-corrected chi connectivity index (χ2v) is 5.42. The van der Waals surface area contributed by atoms with Crippen molar-refractivity contribution in [1.29, 1.82) is 0 Å². The Bertz CT molecular complexity index is 413. The van der Waals surface area contributed by atoms with E-state index in [-0.39, 0.29) is 5.41 Å². The van der Waals surface area contributed by atoms with Gasteiger partial charge in [-0.15, -0.1) is 0 Å². The molecule has 1 saturated heterocycles. The molecule has 1 heterocycles. The number of carbonyl (C=O) groups excluding carboxylic acids is 1. The Balaban J connectivity index is 2.31. The van der Waals surface area contributed by atoms with Gasteiger partial charge in [-0.25, -0.2) is 0 Å². The van der Waals surface area contributed by atoms with Crippen LogP contribution in [0.5, 0.6) is 0 Å². The van der Waals surface area contributed by atoms with Gasteiger partial charge in [-0.05, 0) is 44.8 Å². The van der Waals surface area contributed by atoms with E-state index < -0.39 is 0 Å². The SMILES string of the molecule is CCCC1(C(=O)c2ccccc2C)CCNCC1. The molecule has 0 unspecified atom stereocenters. The van der Waals surface area contributed by atoms with Crippen LogP contribution in [-0.2, 0) is 0 Å². The Labute approximate surface area is 110 Å².